The van der Waals surface area contributed by atoms with Crippen LogP contribution in [0, 0.1) is 0 Å². The summed E-state index contributed by atoms with van der Waals surface area (Å²) in [5, 5.41) is 9.10. The Morgan fingerprint density at radius 3 is 2.35 bits per heavy atom. The summed E-state index contributed by atoms with van der Waals surface area (Å²) in [6, 6.07) is 13.4. The van der Waals surface area contributed by atoms with Crippen molar-refractivity contribution in [3.8, 4) is 11.5 Å². The Kier molecular flexibility index (Phi) is 6.03. The Morgan fingerprint density at radius 2 is 1.81 bits per heavy atom. The molecule has 0 amide bonds. The van der Waals surface area contributed by atoms with Crippen LogP contribution in [-0.2, 0) is 10.2 Å². The number of rotatable bonds is 6. The number of aliphatic imine (C=N–C) groups is 1. The van der Waals surface area contributed by atoms with Crippen molar-refractivity contribution in [2.45, 2.75) is 39.2 Å². The molecule has 2 aromatic carbocycles. The number of carboxylic acid groups (broad SMARTS) is 1. The van der Waals surface area contributed by atoms with Gasteiger partial charge in [-0.25, -0.2) is 4.79 Å². The van der Waals surface area contributed by atoms with Crippen LogP contribution in [0.4, 0.5) is 5.69 Å². The highest BCUT2D eigenvalue weighted by molar-refractivity contribution is 5.87. The highest BCUT2D eigenvalue weighted by Crippen LogP contribution is 2.31. The van der Waals surface area contributed by atoms with E-state index < -0.39 is 12.1 Å². The SMILES string of the molecule is COc1cccc(C=Nc2ccc(C(C)(C)C)cc2)c1O[C@H](C)C(=O)O. The van der Waals surface area contributed by atoms with Crippen LogP contribution in [0.3, 0.4) is 0 Å². The van der Waals surface area contributed by atoms with Crippen molar-refractivity contribution < 1.29 is 19.4 Å². The minimum Gasteiger partial charge on any atom is -0.493 e. The highest BCUT2D eigenvalue weighted by Gasteiger charge is 2.18. The summed E-state index contributed by atoms with van der Waals surface area (Å²) in [6.45, 7) is 7.96. The molecule has 1 N–H and O–H groups in total. The van der Waals surface area contributed by atoms with Gasteiger partial charge in [-0.15, -0.1) is 0 Å². The molecule has 26 heavy (non-hydrogen) atoms. The van der Waals surface area contributed by atoms with Crippen molar-refractivity contribution in [3.05, 3.63) is 53.6 Å². The van der Waals surface area contributed by atoms with Crippen LogP contribution < -0.4 is 9.47 Å². The average molecular weight is 355 g/mol. The third-order valence-corrected chi connectivity index (χ3v) is 3.96. The van der Waals surface area contributed by atoms with Gasteiger partial charge in [-0.3, -0.25) is 4.99 Å². The van der Waals surface area contributed by atoms with Gasteiger partial charge in [0.25, 0.3) is 0 Å². The maximum Gasteiger partial charge on any atom is 0.344 e. The van der Waals surface area contributed by atoms with Crippen molar-refractivity contribution in [3.63, 3.8) is 0 Å². The number of hydrogen-bond donors (Lipinski definition) is 1. The maximum atomic E-state index is 11.1. The number of para-hydroxylation sites is 1. The first-order valence-corrected chi connectivity index (χ1v) is 8.43. The van der Waals surface area contributed by atoms with Crippen LogP contribution in [0.1, 0.15) is 38.8 Å². The van der Waals surface area contributed by atoms with E-state index >= 15 is 0 Å². The van der Waals surface area contributed by atoms with E-state index in [0.29, 0.717) is 17.1 Å². The molecule has 0 bridgehead atoms. The molecule has 0 heterocycles. The first-order chi connectivity index (χ1) is 12.2. The van der Waals surface area contributed by atoms with Crippen molar-refractivity contribution in [1.82, 2.24) is 0 Å². The van der Waals surface area contributed by atoms with Gasteiger partial charge >= 0.3 is 5.97 Å². The topological polar surface area (TPSA) is 68.1 Å². The third-order valence-electron chi connectivity index (χ3n) is 3.96. The van der Waals surface area contributed by atoms with Crippen molar-refractivity contribution in [1.29, 1.82) is 0 Å². The van der Waals surface area contributed by atoms with E-state index in [1.54, 1.807) is 24.4 Å². The fourth-order valence-corrected chi connectivity index (χ4v) is 2.34. The highest BCUT2D eigenvalue weighted by atomic mass is 16.5. The number of ether oxygens (including phenoxy) is 2. The molecule has 1 atom stereocenters. The van der Waals surface area contributed by atoms with Crippen LogP contribution >= 0.6 is 0 Å². The number of carbonyl (C=O) groups is 1. The minimum atomic E-state index is -1.04. The van der Waals surface area contributed by atoms with Crippen LogP contribution in [0.15, 0.2) is 47.5 Å². The number of nitrogens with zero attached hydrogens (tertiary/aromatic N) is 1. The Morgan fingerprint density at radius 1 is 1.15 bits per heavy atom. The van der Waals surface area contributed by atoms with Crippen molar-refractivity contribution in [2.24, 2.45) is 4.99 Å². The first-order valence-electron chi connectivity index (χ1n) is 8.43. The molecule has 138 valence electrons. The summed E-state index contributed by atoms with van der Waals surface area (Å²) in [6.07, 6.45) is 0.655. The van der Waals surface area contributed by atoms with Crippen LogP contribution in [0.2, 0.25) is 0 Å². The molecule has 0 aliphatic rings. The maximum absolute atomic E-state index is 11.1. The smallest absolute Gasteiger partial charge is 0.344 e. The van der Waals surface area contributed by atoms with Crippen LogP contribution in [-0.4, -0.2) is 30.5 Å². The van der Waals surface area contributed by atoms with Crippen molar-refractivity contribution in [2.75, 3.05) is 7.11 Å². The lowest BCUT2D eigenvalue weighted by Crippen LogP contribution is -2.23. The Hall–Kier alpha value is -2.82. The number of methoxy groups -OCH3 is 1. The van der Waals surface area contributed by atoms with Gasteiger partial charge < -0.3 is 14.6 Å². The molecule has 2 aromatic rings. The molecule has 0 spiro atoms. The number of carboxylic acids is 1. The zero-order chi connectivity index (χ0) is 19.3. The van der Waals surface area contributed by atoms with E-state index in [9.17, 15) is 4.79 Å². The zero-order valence-corrected chi connectivity index (χ0v) is 15.8. The minimum absolute atomic E-state index is 0.0863. The molecule has 0 aliphatic heterocycles. The van der Waals surface area contributed by atoms with Crippen LogP contribution in [0.5, 0.6) is 11.5 Å². The van der Waals surface area contributed by atoms with Gasteiger partial charge in [-0.2, -0.15) is 0 Å². The predicted octanol–water partition coefficient (Wildman–Crippen LogP) is 4.60. The van der Waals surface area contributed by atoms with E-state index in [1.165, 1.54) is 19.6 Å². The van der Waals surface area contributed by atoms with Crippen molar-refractivity contribution >= 4 is 17.9 Å². The lowest BCUT2D eigenvalue weighted by Gasteiger charge is -2.18. The summed E-state index contributed by atoms with van der Waals surface area (Å²) < 4.78 is 10.9. The molecule has 5 heteroatoms. The Bertz CT molecular complexity index is 789. The van der Waals surface area contributed by atoms with E-state index in [-0.39, 0.29) is 5.41 Å². The van der Waals surface area contributed by atoms with E-state index in [4.69, 9.17) is 14.6 Å². The fraction of sp³-hybridized carbons (Fsp3) is 0.333. The second-order valence-electron chi connectivity index (χ2n) is 7.03. The molecule has 0 aromatic heterocycles. The second kappa shape index (κ2) is 8.04. The number of aliphatic carboxylic acids is 1. The number of hydrogen-bond acceptors (Lipinski definition) is 4. The lowest BCUT2D eigenvalue weighted by molar-refractivity contribution is -0.144. The summed E-state index contributed by atoms with van der Waals surface area (Å²) in [4.78, 5) is 15.6. The number of benzene rings is 2. The zero-order valence-electron chi connectivity index (χ0n) is 15.8. The fourth-order valence-electron chi connectivity index (χ4n) is 2.34. The van der Waals surface area contributed by atoms with Gasteiger partial charge in [0, 0.05) is 11.8 Å². The Balaban J connectivity index is 2.30. The van der Waals surface area contributed by atoms with E-state index in [2.05, 4.69) is 37.9 Å². The molecule has 0 saturated heterocycles. The van der Waals surface area contributed by atoms with Crippen LogP contribution in [0.25, 0.3) is 0 Å². The molecule has 0 saturated carbocycles. The van der Waals surface area contributed by atoms with Gasteiger partial charge in [0.2, 0.25) is 0 Å². The van der Waals surface area contributed by atoms with Gasteiger partial charge in [-0.1, -0.05) is 39.0 Å². The summed E-state index contributed by atoms with van der Waals surface area (Å²) in [5.74, 6) is -0.221. The van der Waals surface area contributed by atoms with Gasteiger partial charge in [0.05, 0.1) is 12.8 Å². The first kappa shape index (κ1) is 19.5. The predicted molar refractivity (Wildman–Crippen MR) is 103 cm³/mol. The van der Waals surface area contributed by atoms with Gasteiger partial charge in [0.1, 0.15) is 0 Å². The summed E-state index contributed by atoms with van der Waals surface area (Å²) in [7, 11) is 1.51. The third kappa shape index (κ3) is 4.85. The largest absolute Gasteiger partial charge is 0.493 e. The molecule has 5 nitrogen and oxygen atoms in total. The molecule has 2 rings (SSSR count). The summed E-state index contributed by atoms with van der Waals surface area (Å²) >= 11 is 0. The molecular weight excluding hydrogens is 330 g/mol. The molecule has 0 fully saturated rings. The molecular formula is C21H25NO4. The van der Waals surface area contributed by atoms with Gasteiger partial charge in [0.15, 0.2) is 17.6 Å². The molecule has 0 radical (unpaired) electrons. The lowest BCUT2D eigenvalue weighted by atomic mass is 9.87. The standard InChI is InChI=1S/C21H25NO4/c1-14(20(23)24)26-19-15(7-6-8-18(19)25-5)13-22-17-11-9-16(10-12-17)21(2,3)4/h6-14H,1-5H3,(H,23,24)/t14-/m1/s1. The van der Waals surface area contributed by atoms with E-state index in [1.807, 2.05) is 12.1 Å². The quantitative estimate of drug-likeness (QED) is 0.769. The average Bonchev–Trinajstić information content (AvgIpc) is 2.60. The molecule has 0 unspecified atom stereocenters. The summed E-state index contributed by atoms with van der Waals surface area (Å²) in [5.41, 5.74) is 2.77. The van der Waals surface area contributed by atoms with E-state index in [0.717, 1.165) is 5.69 Å². The van der Waals surface area contributed by atoms with Gasteiger partial charge in [-0.05, 0) is 42.2 Å². The molecule has 0 aliphatic carbocycles. The monoisotopic (exact) mass is 355 g/mol. The Labute approximate surface area is 154 Å². The normalized spacial score (nSPS) is 12.8. The second-order valence-corrected chi connectivity index (χ2v) is 7.03.